The van der Waals surface area contributed by atoms with Crippen LogP contribution in [0.2, 0.25) is 0 Å². The van der Waals surface area contributed by atoms with Crippen molar-refractivity contribution in [3.63, 3.8) is 0 Å². The molecule has 4 heterocycles. The van der Waals surface area contributed by atoms with E-state index in [9.17, 15) is 0 Å². The normalized spacial score (nSPS) is 16.3. The highest BCUT2D eigenvalue weighted by Gasteiger charge is 2.22. The van der Waals surface area contributed by atoms with Crippen LogP contribution in [0.5, 0.6) is 11.6 Å². The topological polar surface area (TPSA) is 75.7 Å². The summed E-state index contributed by atoms with van der Waals surface area (Å²) in [5, 5.41) is 9.13. The zero-order chi connectivity index (χ0) is 20.5. The highest BCUT2D eigenvalue weighted by molar-refractivity contribution is 5.73. The smallest absolute Gasteiger partial charge is 0.240 e. The van der Waals surface area contributed by atoms with Crippen LogP contribution >= 0.6 is 0 Å². The van der Waals surface area contributed by atoms with Gasteiger partial charge in [-0.3, -0.25) is 4.68 Å². The summed E-state index contributed by atoms with van der Waals surface area (Å²) >= 11 is 0. The maximum atomic E-state index is 6.25. The van der Waals surface area contributed by atoms with E-state index >= 15 is 0 Å². The first-order chi connectivity index (χ1) is 14.7. The summed E-state index contributed by atoms with van der Waals surface area (Å²) in [6, 6.07) is 9.92. The second kappa shape index (κ2) is 7.79. The first kappa shape index (κ1) is 18.6. The predicted molar refractivity (Wildman–Crippen MR) is 112 cm³/mol. The molecule has 0 radical (unpaired) electrons. The van der Waals surface area contributed by atoms with E-state index < -0.39 is 0 Å². The molecule has 0 unspecified atom stereocenters. The molecule has 0 N–H and O–H groups in total. The van der Waals surface area contributed by atoms with Gasteiger partial charge in [-0.15, -0.1) is 5.10 Å². The van der Waals surface area contributed by atoms with Crippen molar-refractivity contribution in [1.82, 2.24) is 24.4 Å². The molecular formula is C22H23N5O3. The van der Waals surface area contributed by atoms with E-state index in [1.54, 1.807) is 10.9 Å². The van der Waals surface area contributed by atoms with Gasteiger partial charge in [0.25, 0.3) is 0 Å². The molecule has 1 atom stereocenters. The Hall–Kier alpha value is -3.39. The number of aromatic nitrogens is 5. The van der Waals surface area contributed by atoms with Gasteiger partial charge in [0.1, 0.15) is 11.9 Å². The molecule has 0 bridgehead atoms. The largest absolute Gasteiger partial charge is 0.494 e. The number of ether oxygens (including phenoxy) is 3. The van der Waals surface area contributed by atoms with Crippen molar-refractivity contribution in [2.75, 3.05) is 19.8 Å². The Bertz CT molecular complexity index is 1180. The monoisotopic (exact) mass is 405 g/mol. The molecule has 1 aromatic carbocycles. The summed E-state index contributed by atoms with van der Waals surface area (Å²) in [5.41, 5.74) is 4.38. The molecule has 1 saturated heterocycles. The molecule has 1 fully saturated rings. The van der Waals surface area contributed by atoms with Crippen molar-refractivity contribution in [3.05, 3.63) is 48.9 Å². The number of fused-ring (bicyclic) bond motifs is 1. The number of hydrogen-bond donors (Lipinski definition) is 0. The fourth-order valence-corrected chi connectivity index (χ4v) is 3.63. The molecule has 8 nitrogen and oxygen atoms in total. The molecule has 0 spiro atoms. The van der Waals surface area contributed by atoms with Crippen LogP contribution in [0.4, 0.5) is 0 Å². The van der Waals surface area contributed by atoms with Crippen molar-refractivity contribution in [2.24, 2.45) is 7.05 Å². The van der Waals surface area contributed by atoms with E-state index in [1.807, 2.05) is 61.2 Å². The summed E-state index contributed by atoms with van der Waals surface area (Å²) in [7, 11) is 1.89. The highest BCUT2D eigenvalue weighted by atomic mass is 16.5. The van der Waals surface area contributed by atoms with Gasteiger partial charge in [-0.2, -0.15) is 5.10 Å². The molecule has 0 aliphatic carbocycles. The molecule has 5 rings (SSSR count). The summed E-state index contributed by atoms with van der Waals surface area (Å²) < 4.78 is 21.0. The lowest BCUT2D eigenvalue weighted by Gasteiger charge is -2.15. The molecule has 30 heavy (non-hydrogen) atoms. The van der Waals surface area contributed by atoms with Crippen molar-refractivity contribution in [1.29, 1.82) is 0 Å². The molecular weight excluding hydrogens is 382 g/mol. The second-order valence-corrected chi connectivity index (χ2v) is 7.24. The van der Waals surface area contributed by atoms with Gasteiger partial charge in [0.05, 0.1) is 43.5 Å². The summed E-state index contributed by atoms with van der Waals surface area (Å²) in [6.45, 7) is 3.86. The molecule has 8 heteroatoms. The number of imidazole rings is 1. The van der Waals surface area contributed by atoms with E-state index in [0.717, 1.165) is 40.2 Å². The van der Waals surface area contributed by atoms with Gasteiger partial charge in [-0.25, -0.2) is 9.50 Å². The van der Waals surface area contributed by atoms with E-state index in [4.69, 9.17) is 19.3 Å². The molecule has 3 aromatic heterocycles. The van der Waals surface area contributed by atoms with Gasteiger partial charge in [0, 0.05) is 30.8 Å². The Balaban J connectivity index is 1.62. The Labute approximate surface area is 174 Å². The second-order valence-electron chi connectivity index (χ2n) is 7.24. The third-order valence-electron chi connectivity index (χ3n) is 5.08. The molecule has 0 amide bonds. The van der Waals surface area contributed by atoms with Crippen LogP contribution in [0.15, 0.2) is 48.9 Å². The van der Waals surface area contributed by atoms with Crippen LogP contribution in [-0.4, -0.2) is 50.3 Å². The number of nitrogens with zero attached hydrogens (tertiary/aromatic N) is 5. The molecule has 154 valence electrons. The summed E-state index contributed by atoms with van der Waals surface area (Å²) in [6.07, 6.45) is 6.41. The average Bonchev–Trinajstić information content (AvgIpc) is 3.49. The number of hydrogen-bond acceptors (Lipinski definition) is 6. The Morgan fingerprint density at radius 3 is 2.90 bits per heavy atom. The van der Waals surface area contributed by atoms with Crippen LogP contribution in [0.1, 0.15) is 13.3 Å². The lowest BCUT2D eigenvalue weighted by Crippen LogP contribution is -2.18. The fourth-order valence-electron chi connectivity index (χ4n) is 3.63. The zero-order valence-electron chi connectivity index (χ0n) is 17.0. The van der Waals surface area contributed by atoms with Gasteiger partial charge in [-0.1, -0.05) is 12.1 Å². The number of rotatable bonds is 6. The van der Waals surface area contributed by atoms with E-state index in [1.165, 1.54) is 0 Å². The third-order valence-corrected chi connectivity index (χ3v) is 5.08. The molecule has 1 aliphatic rings. The van der Waals surface area contributed by atoms with Gasteiger partial charge >= 0.3 is 0 Å². The molecule has 1 aliphatic heterocycles. The quantitative estimate of drug-likeness (QED) is 0.490. The minimum atomic E-state index is -0.0152. The van der Waals surface area contributed by atoms with E-state index in [-0.39, 0.29) is 6.10 Å². The first-order valence-electron chi connectivity index (χ1n) is 10.1. The van der Waals surface area contributed by atoms with Crippen LogP contribution in [0, 0.1) is 0 Å². The summed E-state index contributed by atoms with van der Waals surface area (Å²) in [4.78, 5) is 4.59. The van der Waals surface area contributed by atoms with E-state index in [0.29, 0.717) is 25.7 Å². The number of benzene rings is 1. The minimum Gasteiger partial charge on any atom is -0.494 e. The predicted octanol–water partition coefficient (Wildman–Crippen LogP) is 3.36. The SMILES string of the molecule is CCOc1cccc(-c2cnc3cc(-c4cnn(C)c4)c(O[C@H]4CCOC4)nn23)c1. The lowest BCUT2D eigenvalue weighted by atomic mass is 10.1. The highest BCUT2D eigenvalue weighted by Crippen LogP contribution is 2.32. The van der Waals surface area contributed by atoms with Crippen molar-refractivity contribution in [3.8, 4) is 34.0 Å². The van der Waals surface area contributed by atoms with Gasteiger partial charge in [0.15, 0.2) is 5.65 Å². The Morgan fingerprint density at radius 1 is 1.20 bits per heavy atom. The Kier molecular flexibility index (Phi) is 4.84. The van der Waals surface area contributed by atoms with Gasteiger partial charge in [0.2, 0.25) is 5.88 Å². The maximum Gasteiger partial charge on any atom is 0.240 e. The number of aryl methyl sites for hydroxylation is 1. The van der Waals surface area contributed by atoms with Crippen LogP contribution in [0.25, 0.3) is 28.0 Å². The van der Waals surface area contributed by atoms with Gasteiger partial charge < -0.3 is 14.2 Å². The van der Waals surface area contributed by atoms with Crippen LogP contribution in [0.3, 0.4) is 0 Å². The van der Waals surface area contributed by atoms with Crippen molar-refractivity contribution < 1.29 is 14.2 Å². The Morgan fingerprint density at radius 2 is 2.13 bits per heavy atom. The zero-order valence-corrected chi connectivity index (χ0v) is 17.0. The summed E-state index contributed by atoms with van der Waals surface area (Å²) in [5.74, 6) is 1.36. The molecule has 4 aromatic rings. The third kappa shape index (κ3) is 3.50. The minimum absolute atomic E-state index is 0.0152. The van der Waals surface area contributed by atoms with Crippen molar-refractivity contribution >= 4 is 5.65 Å². The maximum absolute atomic E-state index is 6.25. The molecule has 0 saturated carbocycles. The first-order valence-corrected chi connectivity index (χ1v) is 10.1. The van der Waals surface area contributed by atoms with Crippen LogP contribution in [-0.2, 0) is 11.8 Å². The fraction of sp³-hybridized carbons (Fsp3) is 0.318. The lowest BCUT2D eigenvalue weighted by molar-refractivity contribution is 0.137. The van der Waals surface area contributed by atoms with Crippen molar-refractivity contribution in [2.45, 2.75) is 19.4 Å². The average molecular weight is 405 g/mol. The van der Waals surface area contributed by atoms with Gasteiger partial charge in [-0.05, 0) is 25.1 Å². The van der Waals surface area contributed by atoms with Crippen LogP contribution < -0.4 is 9.47 Å². The standard InChI is InChI=1S/C22H23N5O3/c1-3-29-17-6-4-5-15(9-17)20-12-23-21-10-19(16-11-24-26(2)13-16)22(25-27(20)21)30-18-7-8-28-14-18/h4-6,9-13,18H,3,7-8,14H2,1-2H3/t18-/m0/s1. The van der Waals surface area contributed by atoms with E-state index in [2.05, 4.69) is 10.1 Å².